The largest absolute Gasteiger partial charge is 0.294 e. The molecular weight excluding hydrogens is 398 g/mol. The minimum atomic E-state index is -0.401. The maximum Gasteiger partial charge on any atom is 0.168 e. The van der Waals surface area contributed by atoms with Crippen molar-refractivity contribution in [2.75, 3.05) is 0 Å². The Morgan fingerprint density at radius 3 is 2.58 bits per heavy atom. The maximum atomic E-state index is 13.1. The second kappa shape index (κ2) is 6.16. The average molecular weight is 406 g/mol. The molecule has 0 aromatic heterocycles. The van der Waals surface area contributed by atoms with E-state index in [-0.39, 0.29) is 12.2 Å². The van der Waals surface area contributed by atoms with Gasteiger partial charge in [-0.2, -0.15) is 0 Å². The molecule has 0 saturated heterocycles. The van der Waals surface area contributed by atoms with Crippen LogP contribution >= 0.6 is 43.5 Å². The number of ketones is 1. The van der Waals surface area contributed by atoms with E-state index in [2.05, 4.69) is 31.9 Å². The quantitative estimate of drug-likeness (QED) is 0.621. The Morgan fingerprint density at radius 2 is 1.89 bits per heavy atom. The maximum absolute atomic E-state index is 13.1. The standard InChI is InChI=1S/C14H8Br2ClFO/c15-9-1-3-11(12(16)7-9)14(19)6-8-5-10(18)2-4-13(8)17/h1-5,7H,6H2. The summed E-state index contributed by atoms with van der Waals surface area (Å²) >= 11 is 12.6. The van der Waals surface area contributed by atoms with Crippen molar-refractivity contribution in [1.82, 2.24) is 0 Å². The van der Waals surface area contributed by atoms with Crippen molar-refractivity contribution in [3.8, 4) is 0 Å². The molecule has 2 aromatic carbocycles. The summed E-state index contributed by atoms with van der Waals surface area (Å²) in [5, 5.41) is 0.392. The third kappa shape index (κ3) is 3.65. The second-order valence-electron chi connectivity index (χ2n) is 3.96. The van der Waals surface area contributed by atoms with Crippen LogP contribution in [0.25, 0.3) is 0 Å². The van der Waals surface area contributed by atoms with E-state index in [4.69, 9.17) is 11.6 Å². The summed E-state index contributed by atoms with van der Waals surface area (Å²) in [6.45, 7) is 0. The van der Waals surface area contributed by atoms with Crippen LogP contribution in [0.15, 0.2) is 45.3 Å². The van der Waals surface area contributed by atoms with Gasteiger partial charge in [0.05, 0.1) is 0 Å². The normalized spacial score (nSPS) is 10.5. The molecule has 0 N–H and O–H groups in total. The number of rotatable bonds is 3. The summed E-state index contributed by atoms with van der Waals surface area (Å²) < 4.78 is 14.7. The lowest BCUT2D eigenvalue weighted by Gasteiger charge is -2.06. The minimum Gasteiger partial charge on any atom is -0.294 e. The first-order chi connectivity index (χ1) is 8.97. The Kier molecular flexibility index (Phi) is 4.76. The molecule has 0 radical (unpaired) electrons. The summed E-state index contributed by atoms with van der Waals surface area (Å²) in [5.41, 5.74) is 1.03. The van der Waals surface area contributed by atoms with E-state index in [0.29, 0.717) is 20.6 Å². The lowest BCUT2D eigenvalue weighted by molar-refractivity contribution is 0.0992. The van der Waals surface area contributed by atoms with Gasteiger partial charge in [-0.15, -0.1) is 0 Å². The molecule has 19 heavy (non-hydrogen) atoms. The molecule has 2 rings (SSSR count). The van der Waals surface area contributed by atoms with Crippen LogP contribution in [0.3, 0.4) is 0 Å². The van der Waals surface area contributed by atoms with Crippen molar-refractivity contribution < 1.29 is 9.18 Å². The van der Waals surface area contributed by atoms with Crippen LogP contribution < -0.4 is 0 Å². The number of carbonyl (C=O) groups excluding carboxylic acids is 1. The van der Waals surface area contributed by atoms with Crippen LogP contribution in [-0.2, 0) is 6.42 Å². The Hall–Kier alpha value is -0.710. The monoisotopic (exact) mass is 404 g/mol. The predicted octanol–water partition coefficient (Wildman–Crippen LogP) is 5.43. The first-order valence-electron chi connectivity index (χ1n) is 5.39. The van der Waals surface area contributed by atoms with Crippen molar-refractivity contribution in [3.05, 3.63) is 67.3 Å². The summed E-state index contributed by atoms with van der Waals surface area (Å²) in [5.74, 6) is -0.519. The highest BCUT2D eigenvalue weighted by Gasteiger charge is 2.13. The molecule has 0 spiro atoms. The lowest BCUT2D eigenvalue weighted by atomic mass is 10.0. The number of hydrogen-bond donors (Lipinski definition) is 0. The molecule has 0 heterocycles. The highest BCUT2D eigenvalue weighted by Crippen LogP contribution is 2.25. The number of halogens is 4. The third-order valence-corrected chi connectivity index (χ3v) is 4.11. The van der Waals surface area contributed by atoms with Gasteiger partial charge in [0.15, 0.2) is 5.78 Å². The Bertz CT molecular complexity index is 643. The fourth-order valence-corrected chi connectivity index (χ4v) is 3.12. The van der Waals surface area contributed by atoms with Crippen molar-refractivity contribution in [1.29, 1.82) is 0 Å². The Labute approximate surface area is 132 Å². The predicted molar refractivity (Wildman–Crippen MR) is 81.3 cm³/mol. The van der Waals surface area contributed by atoms with Gasteiger partial charge in [-0.05, 0) is 42.0 Å². The summed E-state index contributed by atoms with van der Waals surface area (Å²) in [6.07, 6.45) is 0.0663. The van der Waals surface area contributed by atoms with Crippen molar-refractivity contribution >= 4 is 49.2 Å². The van der Waals surface area contributed by atoms with Crippen molar-refractivity contribution in [2.24, 2.45) is 0 Å². The first-order valence-corrected chi connectivity index (χ1v) is 7.36. The van der Waals surface area contributed by atoms with E-state index in [0.717, 1.165) is 4.47 Å². The van der Waals surface area contributed by atoms with E-state index >= 15 is 0 Å². The van der Waals surface area contributed by atoms with Crippen LogP contribution in [0.2, 0.25) is 5.02 Å². The van der Waals surface area contributed by atoms with Crippen molar-refractivity contribution in [3.63, 3.8) is 0 Å². The van der Waals surface area contributed by atoms with Gasteiger partial charge < -0.3 is 0 Å². The van der Waals surface area contributed by atoms with Gasteiger partial charge in [-0.25, -0.2) is 4.39 Å². The van der Waals surface area contributed by atoms with Gasteiger partial charge in [0, 0.05) is 26.0 Å². The van der Waals surface area contributed by atoms with Gasteiger partial charge in [0.2, 0.25) is 0 Å². The number of Topliss-reactive ketones (excluding diaryl/α,β-unsaturated/α-hetero) is 1. The molecule has 1 nitrogen and oxygen atoms in total. The highest BCUT2D eigenvalue weighted by molar-refractivity contribution is 9.11. The molecule has 0 fully saturated rings. The van der Waals surface area contributed by atoms with Gasteiger partial charge in [-0.1, -0.05) is 43.5 Å². The molecule has 2 aromatic rings. The van der Waals surface area contributed by atoms with E-state index in [1.54, 1.807) is 18.2 Å². The van der Waals surface area contributed by atoms with Crippen LogP contribution in [0.5, 0.6) is 0 Å². The van der Waals surface area contributed by atoms with Gasteiger partial charge in [-0.3, -0.25) is 4.79 Å². The second-order valence-corrected chi connectivity index (χ2v) is 6.14. The lowest BCUT2D eigenvalue weighted by Crippen LogP contribution is -2.05. The van der Waals surface area contributed by atoms with Crippen LogP contribution in [0.4, 0.5) is 4.39 Å². The van der Waals surface area contributed by atoms with E-state index < -0.39 is 5.82 Å². The zero-order valence-electron chi connectivity index (χ0n) is 9.59. The number of carbonyl (C=O) groups is 1. The molecule has 0 saturated carbocycles. The third-order valence-electron chi connectivity index (χ3n) is 2.59. The van der Waals surface area contributed by atoms with Gasteiger partial charge in [0.25, 0.3) is 0 Å². The fourth-order valence-electron chi connectivity index (χ4n) is 1.66. The van der Waals surface area contributed by atoms with E-state index in [1.807, 2.05) is 0 Å². The van der Waals surface area contributed by atoms with Gasteiger partial charge in [0.1, 0.15) is 5.82 Å². The Balaban J connectivity index is 2.28. The minimum absolute atomic E-state index is 0.0663. The smallest absolute Gasteiger partial charge is 0.168 e. The molecular formula is C14H8Br2ClFO. The summed E-state index contributed by atoms with van der Waals surface area (Å²) in [6, 6.07) is 9.30. The molecule has 0 amide bonds. The van der Waals surface area contributed by atoms with Crippen LogP contribution in [-0.4, -0.2) is 5.78 Å². The molecule has 0 bridgehead atoms. The fraction of sp³-hybridized carbons (Fsp3) is 0.0714. The van der Waals surface area contributed by atoms with E-state index in [9.17, 15) is 9.18 Å². The molecule has 0 aliphatic rings. The molecule has 98 valence electrons. The molecule has 5 heteroatoms. The Morgan fingerprint density at radius 1 is 1.16 bits per heavy atom. The summed E-state index contributed by atoms with van der Waals surface area (Å²) in [4.78, 5) is 12.2. The number of benzene rings is 2. The summed E-state index contributed by atoms with van der Waals surface area (Å²) in [7, 11) is 0. The highest BCUT2D eigenvalue weighted by atomic mass is 79.9. The van der Waals surface area contributed by atoms with Crippen molar-refractivity contribution in [2.45, 2.75) is 6.42 Å². The number of hydrogen-bond acceptors (Lipinski definition) is 1. The molecule has 0 atom stereocenters. The van der Waals surface area contributed by atoms with Gasteiger partial charge >= 0.3 is 0 Å². The SMILES string of the molecule is O=C(Cc1cc(F)ccc1Cl)c1ccc(Br)cc1Br. The molecule has 0 aliphatic carbocycles. The average Bonchev–Trinajstić information content (AvgIpc) is 2.33. The zero-order chi connectivity index (χ0) is 14.0. The van der Waals surface area contributed by atoms with Crippen LogP contribution in [0.1, 0.15) is 15.9 Å². The molecule has 0 aliphatic heterocycles. The zero-order valence-corrected chi connectivity index (χ0v) is 13.5. The molecule has 0 unspecified atom stereocenters. The van der Waals surface area contributed by atoms with Crippen LogP contribution in [0, 0.1) is 5.82 Å². The van der Waals surface area contributed by atoms with E-state index in [1.165, 1.54) is 18.2 Å². The first kappa shape index (κ1) is 14.7. The topological polar surface area (TPSA) is 17.1 Å².